The summed E-state index contributed by atoms with van der Waals surface area (Å²) < 4.78 is 12.0. The highest BCUT2D eigenvalue weighted by Crippen LogP contribution is 2.30. The van der Waals surface area contributed by atoms with Gasteiger partial charge in [0.15, 0.2) is 0 Å². The number of rotatable bonds is 8. The zero-order valence-electron chi connectivity index (χ0n) is 15.1. The number of carbonyl (C=O) groups excluding carboxylic acids is 2. The molecule has 3 atom stereocenters. The molecule has 11 heteroatoms. The van der Waals surface area contributed by atoms with E-state index in [1.807, 2.05) is 0 Å². The van der Waals surface area contributed by atoms with Crippen molar-refractivity contribution >= 4 is 11.8 Å². The van der Waals surface area contributed by atoms with Gasteiger partial charge in [0.1, 0.15) is 24.7 Å². The summed E-state index contributed by atoms with van der Waals surface area (Å²) in [5.41, 5.74) is 7.92. The molecule has 1 aromatic rings. The van der Waals surface area contributed by atoms with Crippen LogP contribution in [0.3, 0.4) is 0 Å². The second-order valence-corrected chi connectivity index (χ2v) is 6.19. The number of esters is 1. The highest BCUT2D eigenvalue weighted by atomic mass is 16.6. The van der Waals surface area contributed by atoms with Crippen LogP contribution < -0.4 is 11.2 Å². The molecule has 1 aliphatic rings. The molecule has 0 bridgehead atoms. The fourth-order valence-corrected chi connectivity index (χ4v) is 2.69. The van der Waals surface area contributed by atoms with E-state index in [1.165, 1.54) is 10.8 Å². The number of hydrogen-bond donors (Lipinski definition) is 1. The summed E-state index contributed by atoms with van der Waals surface area (Å²) in [4.78, 5) is 51.4. The Morgan fingerprint density at radius 3 is 2.85 bits per heavy atom. The summed E-state index contributed by atoms with van der Waals surface area (Å²) in [6, 6.07) is -0.649. The summed E-state index contributed by atoms with van der Waals surface area (Å²) in [5, 5.41) is 3.64. The normalized spacial score (nSPS) is 21.5. The first kappa shape index (κ1) is 20.4. The predicted octanol–water partition coefficient (Wildman–Crippen LogP) is 1.11. The quantitative estimate of drug-likeness (QED) is 0.308. The van der Waals surface area contributed by atoms with Crippen molar-refractivity contribution in [2.45, 2.75) is 57.9 Å². The molecule has 11 nitrogen and oxygen atoms in total. The van der Waals surface area contributed by atoms with Crippen molar-refractivity contribution in [2.24, 2.45) is 5.11 Å². The second kappa shape index (κ2) is 9.15. The highest BCUT2D eigenvalue weighted by molar-refractivity contribution is 5.82. The van der Waals surface area contributed by atoms with Crippen molar-refractivity contribution in [3.05, 3.63) is 43.0 Å². The molecule has 1 aromatic heterocycles. The average Bonchev–Trinajstić information content (AvgIpc) is 3.03. The average molecular weight is 379 g/mol. The van der Waals surface area contributed by atoms with E-state index in [0.29, 0.717) is 12.0 Å². The molecule has 1 fully saturated rings. The number of aryl methyl sites for hydroxylation is 1. The molecule has 1 N–H and O–H groups in total. The first-order chi connectivity index (χ1) is 12.8. The van der Waals surface area contributed by atoms with E-state index in [-0.39, 0.29) is 31.7 Å². The zero-order chi connectivity index (χ0) is 20.0. The minimum Gasteiger partial charge on any atom is -0.463 e. The fraction of sp³-hybridized carbons (Fsp3) is 0.625. The van der Waals surface area contributed by atoms with Crippen molar-refractivity contribution in [3.63, 3.8) is 0 Å². The van der Waals surface area contributed by atoms with Gasteiger partial charge in [0.25, 0.3) is 5.56 Å². The van der Waals surface area contributed by atoms with Gasteiger partial charge in [-0.25, -0.2) is 4.79 Å². The van der Waals surface area contributed by atoms with Gasteiger partial charge in [-0.05, 0) is 12.5 Å². The number of carbonyl (C=O) groups is 2. The van der Waals surface area contributed by atoms with Gasteiger partial charge in [0.2, 0.25) is 0 Å². The largest absolute Gasteiger partial charge is 0.463 e. The number of azide groups is 1. The Balaban J connectivity index is 2.04. The Bertz CT molecular complexity index is 869. The van der Waals surface area contributed by atoms with Crippen LogP contribution in [0.1, 0.15) is 44.4 Å². The van der Waals surface area contributed by atoms with Crippen molar-refractivity contribution in [1.82, 2.24) is 9.55 Å². The van der Waals surface area contributed by atoms with E-state index in [9.17, 15) is 19.2 Å². The number of nitrogens with zero attached hydrogens (tertiary/aromatic N) is 4. The second-order valence-electron chi connectivity index (χ2n) is 6.19. The third-order valence-electron chi connectivity index (χ3n) is 4.27. The van der Waals surface area contributed by atoms with Gasteiger partial charge in [0, 0.05) is 35.9 Å². The molecule has 0 radical (unpaired) electrons. The van der Waals surface area contributed by atoms with Gasteiger partial charge in [-0.3, -0.25) is 23.9 Å². The molecular formula is C16H21N5O6. The van der Waals surface area contributed by atoms with Crippen LogP contribution in [0.2, 0.25) is 0 Å². The van der Waals surface area contributed by atoms with Crippen LogP contribution in [0.5, 0.6) is 0 Å². The molecule has 2 rings (SSSR count). The Labute approximate surface area is 153 Å². The third kappa shape index (κ3) is 5.28. The number of hydrogen-bond acceptors (Lipinski definition) is 7. The van der Waals surface area contributed by atoms with E-state index in [2.05, 4.69) is 15.0 Å². The molecule has 27 heavy (non-hydrogen) atoms. The molecule has 0 amide bonds. The van der Waals surface area contributed by atoms with Crippen LogP contribution in [0.15, 0.2) is 20.9 Å². The van der Waals surface area contributed by atoms with E-state index < -0.39 is 35.6 Å². The maximum Gasteiger partial charge on any atom is 0.330 e. The van der Waals surface area contributed by atoms with Gasteiger partial charge in [0.05, 0.1) is 12.5 Å². The number of H-pyrrole nitrogens is 1. The van der Waals surface area contributed by atoms with Crippen LogP contribution in [-0.4, -0.2) is 40.1 Å². The summed E-state index contributed by atoms with van der Waals surface area (Å²) in [5.74, 6) is -0.593. The number of aromatic nitrogens is 2. The van der Waals surface area contributed by atoms with Crippen LogP contribution in [0.25, 0.3) is 10.4 Å². The predicted molar refractivity (Wildman–Crippen MR) is 93.0 cm³/mol. The van der Waals surface area contributed by atoms with E-state index in [4.69, 9.17) is 15.0 Å². The van der Waals surface area contributed by atoms with Crippen LogP contribution in [-0.2, 0) is 19.1 Å². The van der Waals surface area contributed by atoms with Gasteiger partial charge >= 0.3 is 11.7 Å². The number of aromatic amines is 1. The molecule has 0 saturated carbocycles. The molecule has 1 saturated heterocycles. The third-order valence-corrected chi connectivity index (χ3v) is 4.27. The number of ether oxygens (including phenoxy) is 2. The summed E-state index contributed by atoms with van der Waals surface area (Å²) in [6.07, 6.45) is 0.468. The van der Waals surface area contributed by atoms with Gasteiger partial charge < -0.3 is 9.47 Å². The lowest BCUT2D eigenvalue weighted by atomic mass is 10.1. The topological polar surface area (TPSA) is 156 Å². The van der Waals surface area contributed by atoms with Crippen LogP contribution in [0, 0.1) is 6.92 Å². The monoisotopic (exact) mass is 379 g/mol. The Morgan fingerprint density at radius 1 is 1.44 bits per heavy atom. The van der Waals surface area contributed by atoms with Crippen LogP contribution >= 0.6 is 0 Å². The molecule has 0 aromatic carbocycles. The van der Waals surface area contributed by atoms with E-state index in [0.717, 1.165) is 0 Å². The SMILES string of the molecule is CCC(=O)CCC(=O)OC[C@H]1O[C@@H](n2cc(C)c(=O)[nH]c2=O)C[C@@H]1N=[N+]=[N-]. The molecule has 146 valence electrons. The maximum atomic E-state index is 12.0. The summed E-state index contributed by atoms with van der Waals surface area (Å²) in [7, 11) is 0. The zero-order valence-corrected chi connectivity index (χ0v) is 15.1. The fourth-order valence-electron chi connectivity index (χ4n) is 2.69. The molecule has 1 aliphatic heterocycles. The first-order valence-electron chi connectivity index (χ1n) is 8.54. The van der Waals surface area contributed by atoms with Crippen molar-refractivity contribution in [3.8, 4) is 0 Å². The highest BCUT2D eigenvalue weighted by Gasteiger charge is 2.37. The Hall–Kier alpha value is -2.91. The Kier molecular flexibility index (Phi) is 6.91. The lowest BCUT2D eigenvalue weighted by Crippen LogP contribution is -2.33. The molecule has 0 spiro atoms. The molecule has 0 aliphatic carbocycles. The first-order valence-corrected chi connectivity index (χ1v) is 8.54. The standard InChI is InChI=1S/C16H21N5O6/c1-3-10(22)4-5-14(23)26-8-12-11(19-20-17)6-13(27-12)21-7-9(2)15(24)18-16(21)25/h7,11-13H,3-6,8H2,1-2H3,(H,18,24,25)/t11-,12+,13+/m0/s1. The smallest absolute Gasteiger partial charge is 0.330 e. The number of nitrogens with one attached hydrogen (secondary N) is 1. The van der Waals surface area contributed by atoms with Gasteiger partial charge in [-0.15, -0.1) is 0 Å². The summed E-state index contributed by atoms with van der Waals surface area (Å²) >= 11 is 0. The van der Waals surface area contributed by atoms with Crippen LogP contribution in [0.4, 0.5) is 0 Å². The van der Waals surface area contributed by atoms with E-state index >= 15 is 0 Å². The number of ketones is 1. The summed E-state index contributed by atoms with van der Waals surface area (Å²) in [6.45, 7) is 3.09. The maximum absolute atomic E-state index is 12.0. The molecular weight excluding hydrogens is 358 g/mol. The lowest BCUT2D eigenvalue weighted by molar-refractivity contribution is -0.149. The van der Waals surface area contributed by atoms with Gasteiger partial charge in [-0.1, -0.05) is 12.0 Å². The van der Waals surface area contributed by atoms with E-state index in [1.54, 1.807) is 13.8 Å². The Morgan fingerprint density at radius 2 is 2.19 bits per heavy atom. The number of Topliss-reactive ketones (excluding diaryl/α,β-unsaturated/α-hetero) is 1. The van der Waals surface area contributed by atoms with Crippen molar-refractivity contribution in [1.29, 1.82) is 0 Å². The van der Waals surface area contributed by atoms with Gasteiger partial charge in [-0.2, -0.15) is 0 Å². The molecule has 2 heterocycles. The minimum absolute atomic E-state index is 0.0341. The minimum atomic E-state index is -0.770. The molecule has 0 unspecified atom stereocenters. The lowest BCUT2D eigenvalue weighted by Gasteiger charge is -2.16. The van der Waals surface area contributed by atoms with Crippen molar-refractivity contribution < 1.29 is 19.1 Å². The van der Waals surface area contributed by atoms with Crippen molar-refractivity contribution in [2.75, 3.05) is 6.61 Å².